The number of likely N-dealkylation sites (N-methyl/N-ethyl adjacent to an activating group) is 1. The minimum atomic E-state index is -0.607. The summed E-state index contributed by atoms with van der Waals surface area (Å²) in [6.07, 6.45) is 3.57. The number of hydrogen-bond acceptors (Lipinski definition) is 6. The normalized spacial score (nSPS) is 33.3. The van der Waals surface area contributed by atoms with Gasteiger partial charge in [0, 0.05) is 19.3 Å². The Hall–Kier alpha value is -1.87. The summed E-state index contributed by atoms with van der Waals surface area (Å²) in [5.41, 5.74) is -0.607. The molecular weight excluding hydrogens is 330 g/mol. The van der Waals surface area contributed by atoms with Crippen LogP contribution in [0.1, 0.15) is 5.82 Å². The molecule has 2 saturated heterocycles. The van der Waals surface area contributed by atoms with Gasteiger partial charge in [-0.15, -0.1) is 5.10 Å². The van der Waals surface area contributed by atoms with Crippen LogP contribution in [0, 0.1) is 18.8 Å². The van der Waals surface area contributed by atoms with Crippen LogP contribution in [0.2, 0.25) is 0 Å². The third-order valence-electron chi connectivity index (χ3n) is 4.80. The van der Waals surface area contributed by atoms with Gasteiger partial charge in [0.25, 0.3) is 0 Å². The number of likely N-dealkylation sites (tertiary alicyclic amines) is 1. The number of amides is 2. The van der Waals surface area contributed by atoms with Gasteiger partial charge in [-0.05, 0) is 6.92 Å². The molecule has 0 saturated carbocycles. The SMILES string of the molecule is Cc1nc(SCCNC(=O)[C@H]2[C@@H]3C=C[C@@]4(CN(C)C(=O)[C@@H]24)O3)n[nH]1. The van der Waals surface area contributed by atoms with Crippen LogP contribution in [-0.2, 0) is 14.3 Å². The number of hydrogen-bond donors (Lipinski definition) is 2. The molecule has 0 aromatic carbocycles. The first-order valence-corrected chi connectivity index (χ1v) is 8.90. The molecule has 3 aliphatic rings. The summed E-state index contributed by atoms with van der Waals surface area (Å²) in [7, 11) is 1.75. The predicted molar refractivity (Wildman–Crippen MR) is 86.2 cm³/mol. The number of thioether (sulfide) groups is 1. The van der Waals surface area contributed by atoms with Gasteiger partial charge in [-0.1, -0.05) is 23.9 Å². The van der Waals surface area contributed by atoms with Crippen molar-refractivity contribution in [2.45, 2.75) is 23.8 Å². The Morgan fingerprint density at radius 1 is 1.62 bits per heavy atom. The topological polar surface area (TPSA) is 100 Å². The lowest BCUT2D eigenvalue weighted by Gasteiger charge is -2.23. The van der Waals surface area contributed by atoms with E-state index in [9.17, 15) is 9.59 Å². The van der Waals surface area contributed by atoms with E-state index in [-0.39, 0.29) is 17.9 Å². The van der Waals surface area contributed by atoms with E-state index in [1.54, 1.807) is 11.9 Å². The van der Waals surface area contributed by atoms with E-state index in [0.717, 1.165) is 5.82 Å². The van der Waals surface area contributed by atoms with Crippen LogP contribution in [0.5, 0.6) is 0 Å². The van der Waals surface area contributed by atoms with Crippen molar-refractivity contribution in [2.24, 2.45) is 11.8 Å². The average molecular weight is 349 g/mol. The lowest BCUT2D eigenvalue weighted by Crippen LogP contribution is -2.44. The maximum Gasteiger partial charge on any atom is 0.229 e. The van der Waals surface area contributed by atoms with E-state index in [1.165, 1.54) is 11.8 Å². The highest BCUT2D eigenvalue weighted by molar-refractivity contribution is 7.99. The van der Waals surface area contributed by atoms with Gasteiger partial charge >= 0.3 is 0 Å². The van der Waals surface area contributed by atoms with Crippen LogP contribution >= 0.6 is 11.8 Å². The van der Waals surface area contributed by atoms with Gasteiger partial charge < -0.3 is 15.0 Å². The van der Waals surface area contributed by atoms with Crippen molar-refractivity contribution >= 4 is 23.6 Å². The minimum absolute atomic E-state index is 0.00688. The highest BCUT2D eigenvalue weighted by Crippen LogP contribution is 2.51. The van der Waals surface area contributed by atoms with Crippen molar-refractivity contribution < 1.29 is 14.3 Å². The molecule has 4 heterocycles. The molecule has 2 bridgehead atoms. The summed E-state index contributed by atoms with van der Waals surface area (Å²) in [4.78, 5) is 30.9. The number of aromatic nitrogens is 3. The molecule has 8 nitrogen and oxygen atoms in total. The molecule has 9 heteroatoms. The van der Waals surface area contributed by atoms with E-state index in [4.69, 9.17) is 4.74 Å². The van der Waals surface area contributed by atoms with Crippen LogP contribution < -0.4 is 5.32 Å². The number of nitrogens with zero attached hydrogens (tertiary/aromatic N) is 3. The molecule has 2 amide bonds. The van der Waals surface area contributed by atoms with Crippen LogP contribution in [0.25, 0.3) is 0 Å². The second-order valence-corrected chi connectivity index (χ2v) is 7.50. The molecular formula is C15H19N5O3S. The number of carbonyl (C=O) groups excluding carboxylic acids is 2. The van der Waals surface area contributed by atoms with E-state index in [0.29, 0.717) is 24.0 Å². The van der Waals surface area contributed by atoms with E-state index >= 15 is 0 Å². The number of aromatic amines is 1. The highest BCUT2D eigenvalue weighted by Gasteiger charge is 2.66. The highest BCUT2D eigenvalue weighted by atomic mass is 32.2. The number of carbonyl (C=O) groups is 2. The lowest BCUT2D eigenvalue weighted by atomic mass is 9.77. The largest absolute Gasteiger partial charge is 0.360 e. The monoisotopic (exact) mass is 349 g/mol. The van der Waals surface area contributed by atoms with Crippen molar-refractivity contribution in [1.29, 1.82) is 0 Å². The van der Waals surface area contributed by atoms with Crippen molar-refractivity contribution in [3.63, 3.8) is 0 Å². The molecule has 1 aromatic rings. The molecule has 4 atom stereocenters. The molecule has 0 radical (unpaired) electrons. The lowest BCUT2D eigenvalue weighted by molar-refractivity contribution is -0.136. The molecule has 3 aliphatic heterocycles. The smallest absolute Gasteiger partial charge is 0.229 e. The summed E-state index contributed by atoms with van der Waals surface area (Å²) >= 11 is 1.47. The fraction of sp³-hybridized carbons (Fsp3) is 0.600. The quantitative estimate of drug-likeness (QED) is 0.431. The van der Waals surface area contributed by atoms with Crippen LogP contribution in [0.4, 0.5) is 0 Å². The third kappa shape index (κ3) is 2.34. The van der Waals surface area contributed by atoms with Gasteiger partial charge in [-0.2, -0.15) is 0 Å². The standard InChI is InChI=1S/C15H19N5O3S/c1-8-17-14(19-18-8)24-6-5-16-12(21)10-9-3-4-15(23-9)7-20(2)13(22)11(10)15/h3-4,9-11H,5-7H2,1-2H3,(H,16,21)(H,17,18,19)/t9-,10-,11+,15-/m0/s1. The summed E-state index contributed by atoms with van der Waals surface area (Å²) in [6.45, 7) is 2.86. The number of fused-ring (bicyclic) bond motifs is 1. The second-order valence-electron chi connectivity index (χ2n) is 6.44. The number of rotatable bonds is 5. The van der Waals surface area contributed by atoms with Gasteiger partial charge in [0.05, 0.1) is 24.5 Å². The summed E-state index contributed by atoms with van der Waals surface area (Å²) in [6, 6.07) is 0. The molecule has 2 fully saturated rings. The van der Waals surface area contributed by atoms with Gasteiger partial charge in [0.1, 0.15) is 11.4 Å². The van der Waals surface area contributed by atoms with Gasteiger partial charge in [0.15, 0.2) is 0 Å². The van der Waals surface area contributed by atoms with Crippen LogP contribution in [0.15, 0.2) is 17.3 Å². The zero-order chi connectivity index (χ0) is 16.9. The Balaban J connectivity index is 1.35. The molecule has 0 aliphatic carbocycles. The first kappa shape index (κ1) is 15.6. The van der Waals surface area contributed by atoms with Crippen molar-refractivity contribution in [3.8, 4) is 0 Å². The summed E-state index contributed by atoms with van der Waals surface area (Å²) in [5, 5.41) is 10.4. The molecule has 0 unspecified atom stereocenters. The number of nitrogens with one attached hydrogen (secondary N) is 2. The molecule has 1 aromatic heterocycles. The summed E-state index contributed by atoms with van der Waals surface area (Å²) < 4.78 is 5.97. The number of aryl methyl sites for hydroxylation is 1. The molecule has 2 N–H and O–H groups in total. The Morgan fingerprint density at radius 2 is 2.46 bits per heavy atom. The van der Waals surface area contributed by atoms with Crippen molar-refractivity contribution in [3.05, 3.63) is 18.0 Å². The van der Waals surface area contributed by atoms with Gasteiger partial charge in [0.2, 0.25) is 17.0 Å². The number of H-pyrrole nitrogens is 1. The Kier molecular flexibility index (Phi) is 3.65. The fourth-order valence-corrected chi connectivity index (χ4v) is 4.51. The zero-order valence-electron chi connectivity index (χ0n) is 13.5. The van der Waals surface area contributed by atoms with Gasteiger partial charge in [-0.3, -0.25) is 14.7 Å². The minimum Gasteiger partial charge on any atom is -0.360 e. The molecule has 1 spiro atoms. The Morgan fingerprint density at radius 3 is 3.21 bits per heavy atom. The van der Waals surface area contributed by atoms with Crippen LogP contribution in [0.3, 0.4) is 0 Å². The van der Waals surface area contributed by atoms with Crippen molar-refractivity contribution in [2.75, 3.05) is 25.9 Å². The van der Waals surface area contributed by atoms with E-state index in [2.05, 4.69) is 20.5 Å². The van der Waals surface area contributed by atoms with Crippen molar-refractivity contribution in [1.82, 2.24) is 25.4 Å². The zero-order valence-corrected chi connectivity index (χ0v) is 14.3. The molecule has 4 rings (SSSR count). The first-order valence-electron chi connectivity index (χ1n) is 7.92. The second kappa shape index (κ2) is 5.59. The first-order chi connectivity index (χ1) is 11.5. The van der Waals surface area contributed by atoms with Crippen LogP contribution in [-0.4, -0.2) is 69.5 Å². The average Bonchev–Trinajstić information content (AvgIpc) is 3.26. The maximum absolute atomic E-state index is 12.6. The molecule has 24 heavy (non-hydrogen) atoms. The summed E-state index contributed by atoms with van der Waals surface area (Å²) in [5.74, 6) is 0.464. The third-order valence-corrected chi connectivity index (χ3v) is 5.65. The molecule has 128 valence electrons. The van der Waals surface area contributed by atoms with Gasteiger partial charge in [-0.25, -0.2) is 4.98 Å². The Labute approximate surface area is 143 Å². The van der Waals surface area contributed by atoms with E-state index in [1.807, 2.05) is 19.1 Å². The Bertz CT molecular complexity index is 720. The van der Waals surface area contributed by atoms with E-state index < -0.39 is 17.4 Å². The number of ether oxygens (including phenoxy) is 1. The fourth-order valence-electron chi connectivity index (χ4n) is 3.81. The maximum atomic E-state index is 12.6. The predicted octanol–water partition coefficient (Wildman–Crippen LogP) is -0.267.